The number of para-hydroxylation sites is 1. The van der Waals surface area contributed by atoms with Crippen LogP contribution >= 0.6 is 0 Å². The molecule has 0 saturated carbocycles. The van der Waals surface area contributed by atoms with E-state index in [9.17, 15) is 5.11 Å². The minimum Gasteiger partial charge on any atom is -0.489 e. The van der Waals surface area contributed by atoms with Crippen LogP contribution in [-0.2, 0) is 17.9 Å². The molecule has 0 radical (unpaired) electrons. The maximum atomic E-state index is 9.34. The van der Waals surface area contributed by atoms with Crippen LogP contribution in [0.3, 0.4) is 0 Å². The first kappa shape index (κ1) is 16.9. The largest absolute Gasteiger partial charge is 0.489 e. The van der Waals surface area contributed by atoms with Crippen LogP contribution < -0.4 is 4.74 Å². The fourth-order valence-electron chi connectivity index (χ4n) is 2.84. The van der Waals surface area contributed by atoms with Crippen LogP contribution in [0.25, 0.3) is 0 Å². The number of rotatable bonds is 6. The number of morpholine rings is 1. The molecule has 0 unspecified atom stereocenters. The molecule has 128 valence electrons. The van der Waals surface area contributed by atoms with Gasteiger partial charge in [-0.25, -0.2) is 0 Å². The number of aliphatic hydroxyl groups is 1. The van der Waals surface area contributed by atoms with Gasteiger partial charge in [0, 0.05) is 42.7 Å². The zero-order chi connectivity index (χ0) is 16.8. The van der Waals surface area contributed by atoms with E-state index < -0.39 is 0 Å². The Morgan fingerprint density at radius 1 is 1.29 bits per heavy atom. The zero-order valence-electron chi connectivity index (χ0n) is 14.0. The summed E-state index contributed by atoms with van der Waals surface area (Å²) in [5.41, 5.74) is 2.19. The smallest absolute Gasteiger partial charge is 0.124 e. The molecule has 1 aromatic carbocycles. The van der Waals surface area contributed by atoms with Crippen molar-refractivity contribution in [1.29, 1.82) is 0 Å². The first-order chi connectivity index (χ1) is 11.8. The van der Waals surface area contributed by atoms with Gasteiger partial charge in [0.2, 0.25) is 0 Å². The molecule has 0 amide bonds. The van der Waals surface area contributed by atoms with Gasteiger partial charge in [-0.15, -0.1) is 0 Å². The van der Waals surface area contributed by atoms with E-state index in [1.54, 1.807) is 6.20 Å². The Morgan fingerprint density at radius 2 is 2.17 bits per heavy atom. The van der Waals surface area contributed by atoms with Crippen molar-refractivity contribution < 1.29 is 14.6 Å². The Balaban J connectivity index is 1.67. The van der Waals surface area contributed by atoms with E-state index in [0.717, 1.165) is 30.0 Å². The molecule has 0 bridgehead atoms. The van der Waals surface area contributed by atoms with Crippen LogP contribution in [0.4, 0.5) is 0 Å². The third kappa shape index (κ3) is 4.32. The second-order valence-corrected chi connectivity index (χ2v) is 6.17. The van der Waals surface area contributed by atoms with Gasteiger partial charge in [-0.05, 0) is 19.1 Å². The molecule has 5 nitrogen and oxygen atoms in total. The summed E-state index contributed by atoms with van der Waals surface area (Å²) >= 11 is 0. The van der Waals surface area contributed by atoms with Gasteiger partial charge in [0.1, 0.15) is 12.4 Å². The predicted molar refractivity (Wildman–Crippen MR) is 91.7 cm³/mol. The van der Waals surface area contributed by atoms with Crippen LogP contribution in [-0.4, -0.2) is 46.9 Å². The fourth-order valence-corrected chi connectivity index (χ4v) is 2.84. The Kier molecular flexibility index (Phi) is 5.80. The molecule has 1 N–H and O–H groups in total. The number of hydrogen-bond donors (Lipinski definition) is 1. The van der Waals surface area contributed by atoms with Gasteiger partial charge in [0.15, 0.2) is 0 Å². The summed E-state index contributed by atoms with van der Waals surface area (Å²) in [4.78, 5) is 6.44. The molecule has 2 heterocycles. The lowest BCUT2D eigenvalue weighted by Crippen LogP contribution is -2.48. The molecule has 1 saturated heterocycles. The second-order valence-electron chi connectivity index (χ2n) is 6.17. The maximum Gasteiger partial charge on any atom is 0.124 e. The Morgan fingerprint density at radius 3 is 2.96 bits per heavy atom. The quantitative estimate of drug-likeness (QED) is 0.881. The SMILES string of the molecule is C[C@@H]1CO[C@H](CO)CN1Cc1ccccc1OCc1cccnc1. The number of ether oxygens (including phenoxy) is 2. The Labute approximate surface area is 142 Å². The van der Waals surface area contributed by atoms with Crippen molar-refractivity contribution >= 4 is 0 Å². The van der Waals surface area contributed by atoms with Gasteiger partial charge in [0.25, 0.3) is 0 Å². The number of nitrogens with zero attached hydrogens (tertiary/aromatic N) is 2. The molecule has 1 aliphatic rings. The number of aliphatic hydroxyl groups excluding tert-OH is 1. The average molecular weight is 328 g/mol. The highest BCUT2D eigenvalue weighted by molar-refractivity contribution is 5.33. The molecule has 24 heavy (non-hydrogen) atoms. The van der Waals surface area contributed by atoms with Gasteiger partial charge < -0.3 is 14.6 Å². The van der Waals surface area contributed by atoms with Crippen molar-refractivity contribution in [3.05, 3.63) is 59.9 Å². The third-order valence-corrected chi connectivity index (χ3v) is 4.30. The summed E-state index contributed by atoms with van der Waals surface area (Å²) in [5, 5.41) is 9.34. The maximum absolute atomic E-state index is 9.34. The van der Waals surface area contributed by atoms with Gasteiger partial charge in [-0.2, -0.15) is 0 Å². The molecule has 2 atom stereocenters. The summed E-state index contributed by atoms with van der Waals surface area (Å²) < 4.78 is 11.6. The normalized spacial score (nSPS) is 21.6. The molecule has 2 aromatic rings. The van der Waals surface area contributed by atoms with E-state index in [-0.39, 0.29) is 12.7 Å². The molecule has 1 aliphatic heterocycles. The first-order valence-electron chi connectivity index (χ1n) is 8.32. The lowest BCUT2D eigenvalue weighted by molar-refractivity contribution is -0.0807. The van der Waals surface area contributed by atoms with Crippen molar-refractivity contribution in [3.63, 3.8) is 0 Å². The fraction of sp³-hybridized carbons (Fsp3) is 0.421. The molecule has 3 rings (SSSR count). The van der Waals surface area contributed by atoms with Gasteiger partial charge >= 0.3 is 0 Å². The van der Waals surface area contributed by atoms with Crippen molar-refractivity contribution in [2.75, 3.05) is 19.8 Å². The minimum absolute atomic E-state index is 0.0579. The highest BCUT2D eigenvalue weighted by Crippen LogP contribution is 2.23. The Bertz CT molecular complexity index is 636. The van der Waals surface area contributed by atoms with E-state index in [1.807, 2.05) is 36.5 Å². The minimum atomic E-state index is -0.107. The standard InChI is InChI=1S/C19H24N2O3/c1-15-13-23-18(12-22)11-21(15)10-17-6-2-3-7-19(17)24-14-16-5-4-8-20-9-16/h2-9,15,18,22H,10-14H2,1H3/t15-,18+/m1/s1. The molecular weight excluding hydrogens is 304 g/mol. The first-order valence-corrected chi connectivity index (χ1v) is 8.32. The van der Waals surface area contributed by atoms with Crippen molar-refractivity contribution in [1.82, 2.24) is 9.88 Å². The highest BCUT2D eigenvalue weighted by atomic mass is 16.5. The number of benzene rings is 1. The van der Waals surface area contributed by atoms with Crippen LogP contribution in [0.1, 0.15) is 18.1 Å². The summed E-state index contributed by atoms with van der Waals surface area (Å²) in [6.07, 6.45) is 3.47. The third-order valence-electron chi connectivity index (χ3n) is 4.30. The zero-order valence-corrected chi connectivity index (χ0v) is 14.0. The van der Waals surface area contributed by atoms with Crippen molar-refractivity contribution in [3.8, 4) is 5.75 Å². The van der Waals surface area contributed by atoms with Gasteiger partial charge in [-0.3, -0.25) is 9.88 Å². The molecule has 1 fully saturated rings. The number of pyridine rings is 1. The average Bonchev–Trinajstić information content (AvgIpc) is 2.63. The monoisotopic (exact) mass is 328 g/mol. The van der Waals surface area contributed by atoms with Crippen LogP contribution in [0, 0.1) is 0 Å². The van der Waals surface area contributed by atoms with Crippen molar-refractivity contribution in [2.45, 2.75) is 32.2 Å². The van der Waals surface area contributed by atoms with Gasteiger partial charge in [-0.1, -0.05) is 24.3 Å². The van der Waals surface area contributed by atoms with Crippen LogP contribution in [0.15, 0.2) is 48.8 Å². The number of hydrogen-bond acceptors (Lipinski definition) is 5. The van der Waals surface area contributed by atoms with E-state index in [4.69, 9.17) is 9.47 Å². The lowest BCUT2D eigenvalue weighted by atomic mass is 10.1. The van der Waals surface area contributed by atoms with Gasteiger partial charge in [0.05, 0.1) is 19.3 Å². The summed E-state index contributed by atoms with van der Waals surface area (Å²) in [6, 6.07) is 12.3. The molecule has 0 spiro atoms. The molecule has 5 heteroatoms. The topological polar surface area (TPSA) is 54.8 Å². The highest BCUT2D eigenvalue weighted by Gasteiger charge is 2.26. The lowest BCUT2D eigenvalue weighted by Gasteiger charge is -2.37. The Hall–Kier alpha value is -1.95. The van der Waals surface area contributed by atoms with Crippen molar-refractivity contribution in [2.24, 2.45) is 0 Å². The van der Waals surface area contributed by atoms with E-state index in [1.165, 1.54) is 0 Å². The number of aromatic nitrogens is 1. The van der Waals surface area contributed by atoms with Crippen LogP contribution in [0.5, 0.6) is 5.75 Å². The van der Waals surface area contributed by atoms with Crippen LogP contribution in [0.2, 0.25) is 0 Å². The summed E-state index contributed by atoms with van der Waals surface area (Å²) in [7, 11) is 0. The molecule has 0 aliphatic carbocycles. The molecule has 1 aromatic heterocycles. The molecular formula is C19H24N2O3. The van der Waals surface area contributed by atoms with E-state index in [2.05, 4.69) is 22.9 Å². The second kappa shape index (κ2) is 8.24. The summed E-state index contributed by atoms with van der Waals surface area (Å²) in [6.45, 7) is 4.86. The van der Waals surface area contributed by atoms with E-state index in [0.29, 0.717) is 19.3 Å². The predicted octanol–water partition coefficient (Wildman–Crippen LogP) is 2.24. The van der Waals surface area contributed by atoms with E-state index >= 15 is 0 Å². The summed E-state index contributed by atoms with van der Waals surface area (Å²) in [5.74, 6) is 0.889.